The number of aromatic amines is 1. The molecule has 1 unspecified atom stereocenters. The summed E-state index contributed by atoms with van der Waals surface area (Å²) in [7, 11) is 0. The second kappa shape index (κ2) is 10.1. The first kappa shape index (κ1) is 26.7. The molecule has 2 fully saturated rings. The minimum atomic E-state index is -0.815. The number of carbonyl (C=O) groups excluding carboxylic acids is 2. The summed E-state index contributed by atoms with van der Waals surface area (Å²) in [5.41, 5.74) is 16.0. The number of nitriles is 1. The van der Waals surface area contributed by atoms with Gasteiger partial charge < -0.3 is 21.7 Å². The predicted octanol–water partition coefficient (Wildman–Crippen LogP) is 1.84. The summed E-state index contributed by atoms with van der Waals surface area (Å²) in [5, 5.41) is 28.8. The van der Waals surface area contributed by atoms with Crippen LogP contribution in [0.1, 0.15) is 80.9 Å². The molecule has 1 aromatic heterocycles. The number of benzene rings is 2. The number of nitrogens with zero attached hydrogens (tertiary/aromatic N) is 5. The Morgan fingerprint density at radius 3 is 2.24 bits per heavy atom. The molecule has 41 heavy (non-hydrogen) atoms. The fourth-order valence-electron chi connectivity index (χ4n) is 6.77. The SMILES string of the molecule is C=C(CNC1(CC2(c3nnn[nH]3)c3ccc(C(N)=O)cc3CCc3cc(C(N)=O)ccc32)CC1)N1CCCC1C#N. The molecular weight excluding hydrogens is 518 g/mol. The highest BCUT2D eigenvalue weighted by molar-refractivity contribution is 5.94. The molecule has 2 aromatic carbocycles. The molecule has 11 heteroatoms. The lowest BCUT2D eigenvalue weighted by Gasteiger charge is -2.38. The van der Waals surface area contributed by atoms with Crippen molar-refractivity contribution in [3.05, 3.63) is 87.9 Å². The maximum atomic E-state index is 12.1. The zero-order valence-electron chi connectivity index (χ0n) is 22.8. The number of hydrogen-bond acceptors (Lipinski definition) is 8. The zero-order valence-corrected chi connectivity index (χ0v) is 22.8. The number of nitrogens with one attached hydrogen (secondary N) is 2. The fourth-order valence-corrected chi connectivity index (χ4v) is 6.77. The topological polar surface area (TPSA) is 180 Å². The summed E-state index contributed by atoms with van der Waals surface area (Å²) >= 11 is 0. The fraction of sp³-hybridized carbons (Fsp3) is 0.400. The van der Waals surface area contributed by atoms with Crippen LogP contribution in [0, 0.1) is 11.3 Å². The summed E-state index contributed by atoms with van der Waals surface area (Å²) < 4.78 is 0. The zero-order chi connectivity index (χ0) is 28.8. The highest BCUT2D eigenvalue weighted by Crippen LogP contribution is 2.54. The summed E-state index contributed by atoms with van der Waals surface area (Å²) in [5.74, 6) is -0.403. The van der Waals surface area contributed by atoms with E-state index in [1.807, 2.05) is 24.3 Å². The molecule has 1 saturated heterocycles. The Balaban J connectivity index is 1.45. The van der Waals surface area contributed by atoms with Gasteiger partial charge in [0.05, 0.1) is 11.5 Å². The molecule has 3 aliphatic rings. The van der Waals surface area contributed by atoms with E-state index in [4.69, 9.17) is 11.5 Å². The van der Waals surface area contributed by atoms with Crippen molar-refractivity contribution in [1.29, 1.82) is 5.26 Å². The van der Waals surface area contributed by atoms with E-state index in [1.54, 1.807) is 12.1 Å². The van der Waals surface area contributed by atoms with Crippen molar-refractivity contribution in [3.8, 4) is 6.07 Å². The summed E-state index contributed by atoms with van der Waals surface area (Å²) in [6.45, 7) is 5.70. The van der Waals surface area contributed by atoms with E-state index in [2.05, 4.69) is 43.5 Å². The number of rotatable bonds is 9. The first-order valence-electron chi connectivity index (χ1n) is 14.0. The number of primary amides is 2. The first-order chi connectivity index (χ1) is 19.8. The summed E-state index contributed by atoms with van der Waals surface area (Å²) in [6, 6.07) is 13.4. The molecule has 0 spiro atoms. The highest BCUT2D eigenvalue weighted by Gasteiger charge is 2.54. The van der Waals surface area contributed by atoms with Gasteiger partial charge in [-0.05, 0) is 102 Å². The lowest BCUT2D eigenvalue weighted by molar-refractivity contribution is 0.0991. The van der Waals surface area contributed by atoms with Gasteiger partial charge in [-0.15, -0.1) is 5.10 Å². The van der Waals surface area contributed by atoms with Gasteiger partial charge in [0.25, 0.3) is 0 Å². The molecule has 0 bridgehead atoms. The van der Waals surface area contributed by atoms with Gasteiger partial charge in [0.15, 0.2) is 5.82 Å². The number of aromatic nitrogens is 4. The Morgan fingerprint density at radius 2 is 1.73 bits per heavy atom. The normalized spacial score (nSPS) is 19.9. The number of likely N-dealkylation sites (tertiary alicyclic amines) is 1. The van der Waals surface area contributed by atoms with Crippen LogP contribution in [0.15, 0.2) is 48.7 Å². The quantitative estimate of drug-likeness (QED) is 0.311. The molecule has 6 N–H and O–H groups in total. The van der Waals surface area contributed by atoms with E-state index >= 15 is 0 Å². The van der Waals surface area contributed by atoms with Crippen LogP contribution in [0.2, 0.25) is 0 Å². The maximum Gasteiger partial charge on any atom is 0.248 e. The number of aryl methyl sites for hydroxylation is 2. The number of H-pyrrole nitrogens is 1. The Labute approximate surface area is 238 Å². The molecule has 1 aliphatic heterocycles. The van der Waals surface area contributed by atoms with Gasteiger partial charge in [0.1, 0.15) is 6.04 Å². The molecule has 1 atom stereocenters. The van der Waals surface area contributed by atoms with Gasteiger partial charge in [0, 0.05) is 35.5 Å². The van der Waals surface area contributed by atoms with E-state index < -0.39 is 17.2 Å². The van der Waals surface area contributed by atoms with E-state index in [0.29, 0.717) is 42.8 Å². The van der Waals surface area contributed by atoms with Crippen molar-refractivity contribution < 1.29 is 9.59 Å². The van der Waals surface area contributed by atoms with Crippen molar-refractivity contribution in [1.82, 2.24) is 30.8 Å². The third-order valence-electron chi connectivity index (χ3n) is 9.04. The monoisotopic (exact) mass is 551 g/mol. The van der Waals surface area contributed by atoms with E-state index in [0.717, 1.165) is 60.2 Å². The molecule has 3 aromatic rings. The minimum Gasteiger partial charge on any atom is -0.366 e. The standard InChI is InChI=1S/C30H33N9O2/c1-18(39-12-2-3-23(39)15-31)16-34-29(10-11-29)17-30(28-35-37-38-36-28)24-8-6-21(26(32)40)13-19(24)4-5-20-14-22(27(33)41)7-9-25(20)30/h6-9,13-14,23,34H,1-5,10-12,16-17H2,(H2,32,40)(H2,33,41)(H,35,36,37,38). The Bertz CT molecular complexity index is 1500. The van der Waals surface area contributed by atoms with Gasteiger partial charge in [-0.25, -0.2) is 5.10 Å². The van der Waals surface area contributed by atoms with Crippen LogP contribution >= 0.6 is 0 Å². The molecule has 2 heterocycles. The van der Waals surface area contributed by atoms with Crippen molar-refractivity contribution in [2.45, 2.75) is 61.9 Å². The third-order valence-corrected chi connectivity index (χ3v) is 9.04. The second-order valence-corrected chi connectivity index (χ2v) is 11.5. The van der Waals surface area contributed by atoms with Crippen LogP contribution in [0.3, 0.4) is 0 Å². The van der Waals surface area contributed by atoms with Gasteiger partial charge >= 0.3 is 0 Å². The average Bonchev–Trinajstić information content (AvgIpc) is 3.33. The Hall–Kier alpha value is -4.56. The minimum absolute atomic E-state index is 0.134. The average molecular weight is 552 g/mol. The molecule has 11 nitrogen and oxygen atoms in total. The van der Waals surface area contributed by atoms with E-state index in [1.165, 1.54) is 0 Å². The Morgan fingerprint density at radius 1 is 1.10 bits per heavy atom. The molecular formula is C30H33N9O2. The molecule has 2 aliphatic carbocycles. The van der Waals surface area contributed by atoms with Gasteiger partial charge in [0.2, 0.25) is 11.8 Å². The van der Waals surface area contributed by atoms with Crippen LogP contribution in [0.5, 0.6) is 0 Å². The first-order valence-corrected chi connectivity index (χ1v) is 14.0. The lowest BCUT2D eigenvalue weighted by Crippen LogP contribution is -2.45. The van der Waals surface area contributed by atoms with Crippen LogP contribution in [0.4, 0.5) is 0 Å². The van der Waals surface area contributed by atoms with Crippen molar-refractivity contribution >= 4 is 11.8 Å². The highest BCUT2D eigenvalue weighted by atomic mass is 16.1. The number of fused-ring (bicyclic) bond motifs is 2. The van der Waals surface area contributed by atoms with Crippen molar-refractivity contribution in [2.75, 3.05) is 13.1 Å². The predicted molar refractivity (Wildman–Crippen MR) is 150 cm³/mol. The van der Waals surface area contributed by atoms with Crippen LogP contribution < -0.4 is 16.8 Å². The molecule has 1 saturated carbocycles. The molecule has 0 radical (unpaired) electrons. The van der Waals surface area contributed by atoms with Gasteiger partial charge in [-0.3, -0.25) is 9.59 Å². The number of hydrogen-bond donors (Lipinski definition) is 4. The molecule has 2 amide bonds. The number of amides is 2. The van der Waals surface area contributed by atoms with E-state index in [-0.39, 0.29) is 11.6 Å². The number of carbonyl (C=O) groups is 2. The second-order valence-electron chi connectivity index (χ2n) is 11.5. The van der Waals surface area contributed by atoms with Crippen LogP contribution in [-0.2, 0) is 18.3 Å². The molecule has 6 rings (SSSR count). The van der Waals surface area contributed by atoms with Gasteiger partial charge in [-0.2, -0.15) is 5.26 Å². The third kappa shape index (κ3) is 4.64. The van der Waals surface area contributed by atoms with Crippen LogP contribution in [-0.4, -0.2) is 62.0 Å². The summed E-state index contributed by atoms with van der Waals surface area (Å²) in [6.07, 6.45) is 5.61. The van der Waals surface area contributed by atoms with Crippen LogP contribution in [0.25, 0.3) is 0 Å². The lowest BCUT2D eigenvalue weighted by atomic mass is 9.67. The largest absolute Gasteiger partial charge is 0.366 e. The number of nitrogens with two attached hydrogens (primary N) is 2. The maximum absolute atomic E-state index is 12.1. The summed E-state index contributed by atoms with van der Waals surface area (Å²) in [4.78, 5) is 26.4. The van der Waals surface area contributed by atoms with Crippen molar-refractivity contribution in [3.63, 3.8) is 0 Å². The Kier molecular flexibility index (Phi) is 6.58. The van der Waals surface area contributed by atoms with E-state index in [9.17, 15) is 14.9 Å². The molecule has 210 valence electrons. The van der Waals surface area contributed by atoms with Crippen molar-refractivity contribution in [2.24, 2.45) is 11.5 Å². The number of tetrazole rings is 1. The van der Waals surface area contributed by atoms with Gasteiger partial charge in [-0.1, -0.05) is 18.7 Å². The smallest absolute Gasteiger partial charge is 0.248 e.